The molecule has 0 radical (unpaired) electrons. The van der Waals surface area contributed by atoms with Gasteiger partial charge < -0.3 is 14.8 Å². The van der Waals surface area contributed by atoms with E-state index in [0.29, 0.717) is 10.0 Å². The standard InChI is InChI=1S/C21H21Cl2N3O2/c1-27-13-9-10-18(28-2)15(12-13)20-14-6-3-4-11-24-21(14)26(25-20)17-8-5-7-16(22)19(17)23/h5,7-10,12,24H,3-4,6,11H2,1-2H3. The van der Waals surface area contributed by atoms with Crippen LogP contribution < -0.4 is 14.8 Å². The molecular formula is C21H21Cl2N3O2. The Bertz CT molecular complexity index is 1020. The summed E-state index contributed by atoms with van der Waals surface area (Å²) in [6.07, 6.45) is 3.08. The van der Waals surface area contributed by atoms with Crippen LogP contribution in [0.15, 0.2) is 36.4 Å². The van der Waals surface area contributed by atoms with Crippen molar-refractivity contribution < 1.29 is 9.47 Å². The fourth-order valence-electron chi connectivity index (χ4n) is 3.55. The molecule has 4 rings (SSSR count). The number of nitrogens with zero attached hydrogens (tertiary/aromatic N) is 2. The molecule has 1 aromatic heterocycles. The molecule has 3 aromatic rings. The van der Waals surface area contributed by atoms with Gasteiger partial charge in [-0.1, -0.05) is 29.3 Å². The minimum atomic E-state index is 0.477. The van der Waals surface area contributed by atoms with Crippen molar-refractivity contribution in [3.63, 3.8) is 0 Å². The van der Waals surface area contributed by atoms with E-state index in [2.05, 4.69) is 5.32 Å². The average molecular weight is 418 g/mol. The van der Waals surface area contributed by atoms with Crippen molar-refractivity contribution in [1.82, 2.24) is 9.78 Å². The zero-order chi connectivity index (χ0) is 19.7. The van der Waals surface area contributed by atoms with Crippen molar-refractivity contribution in [2.45, 2.75) is 19.3 Å². The van der Waals surface area contributed by atoms with Gasteiger partial charge in [-0.3, -0.25) is 0 Å². The van der Waals surface area contributed by atoms with E-state index in [9.17, 15) is 0 Å². The smallest absolute Gasteiger partial charge is 0.133 e. The van der Waals surface area contributed by atoms with E-state index in [1.54, 1.807) is 20.3 Å². The van der Waals surface area contributed by atoms with Gasteiger partial charge in [0.2, 0.25) is 0 Å². The molecular weight excluding hydrogens is 397 g/mol. The van der Waals surface area contributed by atoms with Crippen LogP contribution in [0.2, 0.25) is 10.0 Å². The number of methoxy groups -OCH3 is 2. The number of fused-ring (bicyclic) bond motifs is 1. The third kappa shape index (κ3) is 3.29. The van der Waals surface area contributed by atoms with Gasteiger partial charge in [-0.2, -0.15) is 5.10 Å². The highest BCUT2D eigenvalue weighted by Crippen LogP contribution is 2.41. The van der Waals surface area contributed by atoms with Gasteiger partial charge in [-0.05, 0) is 49.6 Å². The first kappa shape index (κ1) is 19.0. The average Bonchev–Trinajstić information content (AvgIpc) is 2.90. The minimum absolute atomic E-state index is 0.477. The highest BCUT2D eigenvalue weighted by molar-refractivity contribution is 6.43. The second-order valence-electron chi connectivity index (χ2n) is 6.61. The first-order valence-corrected chi connectivity index (χ1v) is 9.92. The van der Waals surface area contributed by atoms with E-state index in [1.165, 1.54) is 0 Å². The van der Waals surface area contributed by atoms with Crippen LogP contribution in [0, 0.1) is 0 Å². The van der Waals surface area contributed by atoms with Crippen molar-refractivity contribution in [1.29, 1.82) is 0 Å². The van der Waals surface area contributed by atoms with Crippen LogP contribution in [0.25, 0.3) is 16.9 Å². The monoisotopic (exact) mass is 417 g/mol. The predicted octanol–water partition coefficient (Wildman–Crippen LogP) is 5.61. The molecule has 5 nitrogen and oxygen atoms in total. The molecule has 0 atom stereocenters. The Morgan fingerprint density at radius 1 is 1.07 bits per heavy atom. The summed E-state index contributed by atoms with van der Waals surface area (Å²) in [5, 5.41) is 9.43. The maximum atomic E-state index is 6.51. The SMILES string of the molecule is COc1ccc(OC)c(-c2nn(-c3cccc(Cl)c3Cl)c3c2CCCCN3)c1. The lowest BCUT2D eigenvalue weighted by molar-refractivity contribution is 0.404. The largest absolute Gasteiger partial charge is 0.497 e. The van der Waals surface area contributed by atoms with Crippen LogP contribution in [0.3, 0.4) is 0 Å². The molecule has 146 valence electrons. The fraction of sp³-hybridized carbons (Fsp3) is 0.286. The number of ether oxygens (including phenoxy) is 2. The molecule has 0 amide bonds. The molecule has 0 saturated heterocycles. The normalized spacial score (nSPS) is 13.4. The predicted molar refractivity (Wildman–Crippen MR) is 114 cm³/mol. The zero-order valence-electron chi connectivity index (χ0n) is 15.8. The van der Waals surface area contributed by atoms with E-state index in [-0.39, 0.29) is 0 Å². The molecule has 0 bridgehead atoms. The number of anilines is 1. The van der Waals surface area contributed by atoms with Gasteiger partial charge in [0.25, 0.3) is 0 Å². The lowest BCUT2D eigenvalue weighted by Crippen LogP contribution is -2.07. The summed E-state index contributed by atoms with van der Waals surface area (Å²) in [7, 11) is 3.31. The van der Waals surface area contributed by atoms with E-state index in [0.717, 1.165) is 65.6 Å². The third-order valence-corrected chi connectivity index (χ3v) is 5.76. The molecule has 2 aromatic carbocycles. The van der Waals surface area contributed by atoms with Gasteiger partial charge >= 0.3 is 0 Å². The molecule has 0 saturated carbocycles. The minimum Gasteiger partial charge on any atom is -0.497 e. The molecule has 0 spiro atoms. The number of benzene rings is 2. The summed E-state index contributed by atoms with van der Waals surface area (Å²) in [4.78, 5) is 0. The molecule has 1 aliphatic heterocycles. The lowest BCUT2D eigenvalue weighted by Gasteiger charge is -2.11. The van der Waals surface area contributed by atoms with E-state index >= 15 is 0 Å². The number of nitrogens with one attached hydrogen (secondary N) is 1. The first-order chi connectivity index (χ1) is 13.6. The second-order valence-corrected chi connectivity index (χ2v) is 7.40. The van der Waals surface area contributed by atoms with Gasteiger partial charge in [0.1, 0.15) is 23.0 Å². The van der Waals surface area contributed by atoms with E-state index < -0.39 is 0 Å². The van der Waals surface area contributed by atoms with Crippen LogP contribution in [0.4, 0.5) is 5.82 Å². The van der Waals surface area contributed by atoms with Gasteiger partial charge in [0.05, 0.1) is 30.0 Å². The number of rotatable bonds is 4. The Morgan fingerprint density at radius 3 is 2.71 bits per heavy atom. The van der Waals surface area contributed by atoms with Crippen molar-refractivity contribution in [2.24, 2.45) is 0 Å². The highest BCUT2D eigenvalue weighted by atomic mass is 35.5. The van der Waals surface area contributed by atoms with Crippen molar-refractivity contribution in [2.75, 3.05) is 26.1 Å². The number of hydrogen-bond acceptors (Lipinski definition) is 4. The summed E-state index contributed by atoms with van der Waals surface area (Å²) in [6, 6.07) is 11.3. The molecule has 1 aliphatic rings. The van der Waals surface area contributed by atoms with Crippen LogP contribution in [0.1, 0.15) is 18.4 Å². The maximum absolute atomic E-state index is 6.51. The number of aromatic nitrogens is 2. The Hall–Kier alpha value is -2.37. The zero-order valence-corrected chi connectivity index (χ0v) is 17.3. The van der Waals surface area contributed by atoms with Crippen LogP contribution in [-0.2, 0) is 6.42 Å². The highest BCUT2D eigenvalue weighted by Gasteiger charge is 2.25. The van der Waals surface area contributed by atoms with Crippen LogP contribution >= 0.6 is 23.2 Å². The molecule has 1 N–H and O–H groups in total. The first-order valence-electron chi connectivity index (χ1n) is 9.16. The van der Waals surface area contributed by atoms with Crippen molar-refractivity contribution >= 4 is 29.0 Å². The topological polar surface area (TPSA) is 48.3 Å². The number of hydrogen-bond donors (Lipinski definition) is 1. The summed E-state index contributed by atoms with van der Waals surface area (Å²) in [6.45, 7) is 0.881. The Kier molecular flexibility index (Phi) is 5.38. The second kappa shape index (κ2) is 7.94. The van der Waals surface area contributed by atoms with E-state index in [4.69, 9.17) is 37.8 Å². The molecule has 0 aliphatic carbocycles. The van der Waals surface area contributed by atoms with Gasteiger partial charge in [0, 0.05) is 17.7 Å². The fourth-order valence-corrected chi connectivity index (χ4v) is 3.92. The summed E-state index contributed by atoms with van der Waals surface area (Å²) in [5.41, 5.74) is 3.63. The summed E-state index contributed by atoms with van der Waals surface area (Å²) >= 11 is 12.8. The summed E-state index contributed by atoms with van der Waals surface area (Å²) < 4.78 is 12.9. The van der Waals surface area contributed by atoms with Gasteiger partial charge in [-0.15, -0.1) is 0 Å². The Balaban J connectivity index is 1.97. The Labute approximate surface area is 174 Å². The number of halogens is 2. The van der Waals surface area contributed by atoms with Crippen molar-refractivity contribution in [3.05, 3.63) is 52.0 Å². The Morgan fingerprint density at radius 2 is 1.93 bits per heavy atom. The van der Waals surface area contributed by atoms with Crippen LogP contribution in [-0.4, -0.2) is 30.5 Å². The summed E-state index contributed by atoms with van der Waals surface area (Å²) in [5.74, 6) is 2.44. The van der Waals surface area contributed by atoms with E-state index in [1.807, 2.05) is 35.0 Å². The molecule has 0 unspecified atom stereocenters. The third-order valence-electron chi connectivity index (χ3n) is 4.95. The van der Waals surface area contributed by atoms with Crippen molar-refractivity contribution in [3.8, 4) is 28.4 Å². The molecule has 28 heavy (non-hydrogen) atoms. The van der Waals surface area contributed by atoms with Crippen LogP contribution in [0.5, 0.6) is 11.5 Å². The molecule has 7 heteroatoms. The van der Waals surface area contributed by atoms with Gasteiger partial charge in [0.15, 0.2) is 0 Å². The lowest BCUT2D eigenvalue weighted by atomic mass is 10.0. The maximum Gasteiger partial charge on any atom is 0.133 e. The van der Waals surface area contributed by atoms with Gasteiger partial charge in [-0.25, -0.2) is 4.68 Å². The quantitative estimate of drug-likeness (QED) is 0.598. The molecule has 2 heterocycles. The molecule has 0 fully saturated rings.